The van der Waals surface area contributed by atoms with Gasteiger partial charge >= 0.3 is 0 Å². The maximum Gasteiger partial charge on any atom is 0.216 e. The lowest BCUT2D eigenvalue weighted by Gasteiger charge is -2.15. The van der Waals surface area contributed by atoms with Crippen LogP contribution in [0.4, 0.5) is 0 Å². The predicted octanol–water partition coefficient (Wildman–Crippen LogP) is 0.655. The molecule has 0 aliphatic carbocycles. The van der Waals surface area contributed by atoms with E-state index >= 15 is 0 Å². The van der Waals surface area contributed by atoms with Crippen LogP contribution in [0.25, 0.3) is 0 Å². The Morgan fingerprint density at radius 3 is 3.08 bits per heavy atom. The van der Waals surface area contributed by atoms with Crippen LogP contribution in [0.15, 0.2) is 0 Å². The van der Waals surface area contributed by atoms with Gasteiger partial charge in [-0.25, -0.2) is 0 Å². The Kier molecular flexibility index (Phi) is 4.08. The predicted molar refractivity (Wildman–Crippen MR) is 48.9 cm³/mol. The van der Waals surface area contributed by atoms with E-state index in [1.807, 2.05) is 0 Å². The first-order chi connectivity index (χ1) is 5.79. The zero-order valence-corrected chi connectivity index (χ0v) is 7.73. The molecule has 1 atom stereocenters. The summed E-state index contributed by atoms with van der Waals surface area (Å²) in [5, 5.41) is 6.26. The van der Waals surface area contributed by atoms with Crippen molar-refractivity contribution in [3.05, 3.63) is 0 Å². The van der Waals surface area contributed by atoms with Crippen LogP contribution < -0.4 is 10.6 Å². The van der Waals surface area contributed by atoms with Gasteiger partial charge < -0.3 is 10.6 Å². The molecule has 1 saturated heterocycles. The zero-order valence-electron chi connectivity index (χ0n) is 7.73. The molecule has 70 valence electrons. The Morgan fingerprint density at radius 2 is 2.33 bits per heavy atom. The first kappa shape index (κ1) is 9.52. The van der Waals surface area contributed by atoms with Crippen LogP contribution in [0, 0.1) is 0 Å². The number of hydrogen-bond acceptors (Lipinski definition) is 2. The van der Waals surface area contributed by atoms with Gasteiger partial charge in [0.05, 0.1) is 0 Å². The second-order valence-corrected chi connectivity index (χ2v) is 3.44. The summed E-state index contributed by atoms with van der Waals surface area (Å²) in [4.78, 5) is 10.6. The van der Waals surface area contributed by atoms with Gasteiger partial charge in [-0.1, -0.05) is 12.8 Å². The van der Waals surface area contributed by atoms with E-state index in [-0.39, 0.29) is 5.91 Å². The van der Waals surface area contributed by atoms with Crippen LogP contribution in [0.1, 0.15) is 32.6 Å². The van der Waals surface area contributed by atoms with Crippen molar-refractivity contribution in [2.24, 2.45) is 0 Å². The zero-order chi connectivity index (χ0) is 8.81. The Labute approximate surface area is 73.9 Å². The van der Waals surface area contributed by atoms with Gasteiger partial charge in [-0.2, -0.15) is 0 Å². The van der Waals surface area contributed by atoms with Crippen molar-refractivity contribution in [2.45, 2.75) is 38.6 Å². The average Bonchev–Trinajstić information content (AvgIpc) is 2.28. The minimum absolute atomic E-state index is 0.0704. The molecule has 1 unspecified atom stereocenters. The number of nitrogens with one attached hydrogen (secondary N) is 2. The van der Waals surface area contributed by atoms with Crippen LogP contribution >= 0.6 is 0 Å². The van der Waals surface area contributed by atoms with Crippen molar-refractivity contribution in [2.75, 3.05) is 13.1 Å². The van der Waals surface area contributed by atoms with Gasteiger partial charge in [-0.15, -0.1) is 0 Å². The molecule has 3 nitrogen and oxygen atoms in total. The summed E-state index contributed by atoms with van der Waals surface area (Å²) in [6.45, 7) is 3.45. The smallest absolute Gasteiger partial charge is 0.216 e. The van der Waals surface area contributed by atoms with E-state index in [0.29, 0.717) is 6.04 Å². The monoisotopic (exact) mass is 170 g/mol. The Hall–Kier alpha value is -0.570. The molecule has 0 spiro atoms. The fraction of sp³-hybridized carbons (Fsp3) is 0.889. The van der Waals surface area contributed by atoms with Gasteiger partial charge in [0, 0.05) is 19.5 Å². The highest BCUT2D eigenvalue weighted by Crippen LogP contribution is 2.07. The third-order valence-electron chi connectivity index (χ3n) is 2.26. The molecule has 1 heterocycles. The van der Waals surface area contributed by atoms with E-state index in [2.05, 4.69) is 10.6 Å². The van der Waals surface area contributed by atoms with E-state index in [1.54, 1.807) is 6.92 Å². The summed E-state index contributed by atoms with van der Waals surface area (Å²) < 4.78 is 0. The standard InChI is InChI=1S/C9H18N2O/c1-8(12)11-7-9-5-3-2-4-6-10-9/h9-10H,2-7H2,1H3,(H,11,12). The third kappa shape index (κ3) is 3.72. The number of carbonyl (C=O) groups is 1. The lowest BCUT2D eigenvalue weighted by molar-refractivity contribution is -0.119. The van der Waals surface area contributed by atoms with Gasteiger partial charge in [0.2, 0.25) is 5.91 Å². The normalized spacial score (nSPS) is 24.6. The maximum atomic E-state index is 10.6. The molecule has 0 aromatic carbocycles. The molecule has 0 aromatic heterocycles. The van der Waals surface area contributed by atoms with Gasteiger partial charge in [0.15, 0.2) is 0 Å². The molecule has 1 fully saturated rings. The Balaban J connectivity index is 2.16. The fourth-order valence-corrected chi connectivity index (χ4v) is 1.54. The van der Waals surface area contributed by atoms with Crippen LogP contribution in [0.2, 0.25) is 0 Å². The van der Waals surface area contributed by atoms with E-state index in [1.165, 1.54) is 25.7 Å². The van der Waals surface area contributed by atoms with Crippen LogP contribution in [-0.4, -0.2) is 25.0 Å². The molecule has 3 heteroatoms. The SMILES string of the molecule is CC(=O)NCC1CCCCCN1. The second-order valence-electron chi connectivity index (χ2n) is 3.44. The van der Waals surface area contributed by atoms with E-state index < -0.39 is 0 Å². The molecule has 0 aromatic rings. The lowest BCUT2D eigenvalue weighted by Crippen LogP contribution is -2.39. The third-order valence-corrected chi connectivity index (χ3v) is 2.26. The molecule has 1 amide bonds. The van der Waals surface area contributed by atoms with E-state index in [0.717, 1.165) is 13.1 Å². The Bertz CT molecular complexity index is 139. The number of amides is 1. The fourth-order valence-electron chi connectivity index (χ4n) is 1.54. The van der Waals surface area contributed by atoms with Crippen molar-refractivity contribution in [1.29, 1.82) is 0 Å². The molecule has 1 rings (SSSR count). The molecular weight excluding hydrogens is 152 g/mol. The molecule has 2 N–H and O–H groups in total. The largest absolute Gasteiger partial charge is 0.355 e. The summed E-state index contributed by atoms with van der Waals surface area (Å²) in [5.74, 6) is 0.0704. The van der Waals surface area contributed by atoms with Crippen molar-refractivity contribution in [3.8, 4) is 0 Å². The molecular formula is C9H18N2O. The molecule has 0 radical (unpaired) electrons. The summed E-state index contributed by atoms with van der Waals surface area (Å²) in [6, 6.07) is 0.497. The number of carbonyl (C=O) groups excluding carboxylic acids is 1. The van der Waals surface area contributed by atoms with Crippen LogP contribution in [0.3, 0.4) is 0 Å². The van der Waals surface area contributed by atoms with Gasteiger partial charge in [-0.05, 0) is 19.4 Å². The molecule has 0 bridgehead atoms. The summed E-state index contributed by atoms with van der Waals surface area (Å²) >= 11 is 0. The van der Waals surface area contributed by atoms with Gasteiger partial charge in [0.1, 0.15) is 0 Å². The van der Waals surface area contributed by atoms with E-state index in [4.69, 9.17) is 0 Å². The minimum Gasteiger partial charge on any atom is -0.355 e. The Morgan fingerprint density at radius 1 is 1.50 bits per heavy atom. The highest BCUT2D eigenvalue weighted by Gasteiger charge is 2.10. The van der Waals surface area contributed by atoms with Crippen molar-refractivity contribution < 1.29 is 4.79 Å². The van der Waals surface area contributed by atoms with Crippen molar-refractivity contribution >= 4 is 5.91 Å². The average molecular weight is 170 g/mol. The summed E-state index contributed by atoms with van der Waals surface area (Å²) in [7, 11) is 0. The minimum atomic E-state index is 0.0704. The van der Waals surface area contributed by atoms with Gasteiger partial charge in [-0.3, -0.25) is 4.79 Å². The van der Waals surface area contributed by atoms with E-state index in [9.17, 15) is 4.79 Å². The molecule has 1 aliphatic rings. The number of hydrogen-bond donors (Lipinski definition) is 2. The van der Waals surface area contributed by atoms with Crippen molar-refractivity contribution in [3.63, 3.8) is 0 Å². The molecule has 1 aliphatic heterocycles. The lowest BCUT2D eigenvalue weighted by atomic mass is 10.1. The first-order valence-corrected chi connectivity index (χ1v) is 4.77. The quantitative estimate of drug-likeness (QED) is 0.639. The van der Waals surface area contributed by atoms with Crippen molar-refractivity contribution in [1.82, 2.24) is 10.6 Å². The second kappa shape index (κ2) is 5.14. The van der Waals surface area contributed by atoms with Crippen LogP contribution in [0.5, 0.6) is 0 Å². The number of rotatable bonds is 2. The topological polar surface area (TPSA) is 41.1 Å². The van der Waals surface area contributed by atoms with Gasteiger partial charge in [0.25, 0.3) is 0 Å². The highest BCUT2D eigenvalue weighted by atomic mass is 16.1. The maximum absolute atomic E-state index is 10.6. The summed E-state index contributed by atoms with van der Waals surface area (Å²) in [6.07, 6.45) is 5.08. The highest BCUT2D eigenvalue weighted by molar-refractivity contribution is 5.72. The summed E-state index contributed by atoms with van der Waals surface area (Å²) in [5.41, 5.74) is 0. The van der Waals surface area contributed by atoms with Crippen LogP contribution in [-0.2, 0) is 4.79 Å². The molecule has 12 heavy (non-hydrogen) atoms. The first-order valence-electron chi connectivity index (χ1n) is 4.77. The molecule has 0 saturated carbocycles.